The summed E-state index contributed by atoms with van der Waals surface area (Å²) in [7, 11) is 0. The highest BCUT2D eigenvalue weighted by atomic mass is 32.1. The van der Waals surface area contributed by atoms with E-state index < -0.39 is 11.5 Å². The van der Waals surface area contributed by atoms with Gasteiger partial charge in [-0.2, -0.15) is 0 Å². The molecule has 1 saturated heterocycles. The van der Waals surface area contributed by atoms with E-state index in [1.165, 1.54) is 11.3 Å². The number of likely N-dealkylation sites (tertiary alicyclic amines) is 1. The molecular formula is C27H27N3O4S. The number of carbonyl (C=O) groups is 3. The molecule has 0 bridgehead atoms. The Morgan fingerprint density at radius 2 is 2.03 bits per heavy atom. The smallest absolute Gasteiger partial charge is 0.303 e. The molecule has 3 heterocycles. The molecule has 1 fully saturated rings. The third kappa shape index (κ3) is 4.34. The molecule has 2 amide bonds. The Bertz CT molecular complexity index is 1350. The topological polar surface area (TPSA) is 90.3 Å². The lowest BCUT2D eigenvalue weighted by atomic mass is 9.84. The summed E-state index contributed by atoms with van der Waals surface area (Å²) in [4.78, 5) is 46.2. The Morgan fingerprint density at radius 3 is 2.80 bits per heavy atom. The molecule has 0 radical (unpaired) electrons. The first kappa shape index (κ1) is 23.2. The molecule has 1 N–H and O–H groups in total. The van der Waals surface area contributed by atoms with Gasteiger partial charge in [-0.1, -0.05) is 30.3 Å². The predicted molar refractivity (Wildman–Crippen MR) is 136 cm³/mol. The van der Waals surface area contributed by atoms with Crippen LogP contribution in [0.3, 0.4) is 0 Å². The maximum atomic E-state index is 13.9. The fourth-order valence-electron chi connectivity index (χ4n) is 4.90. The Morgan fingerprint density at radius 1 is 1.20 bits per heavy atom. The van der Waals surface area contributed by atoms with Crippen LogP contribution >= 0.6 is 11.3 Å². The second-order valence-electron chi connectivity index (χ2n) is 9.33. The molecule has 0 saturated carbocycles. The molecule has 1 atom stereocenters. The largest absolute Gasteiger partial charge is 0.481 e. The highest BCUT2D eigenvalue weighted by Crippen LogP contribution is 2.37. The van der Waals surface area contributed by atoms with E-state index in [4.69, 9.17) is 5.11 Å². The number of hydrogen-bond acceptors (Lipinski definition) is 5. The number of nitrogens with zero attached hydrogens (tertiary/aromatic N) is 3. The van der Waals surface area contributed by atoms with Crippen LogP contribution in [0, 0.1) is 0 Å². The second kappa shape index (κ2) is 9.26. The van der Waals surface area contributed by atoms with Crippen LogP contribution < -0.4 is 0 Å². The van der Waals surface area contributed by atoms with Crippen LogP contribution in [-0.2, 0) is 22.6 Å². The van der Waals surface area contributed by atoms with Crippen molar-refractivity contribution >= 4 is 51.1 Å². The number of thiophene rings is 1. The lowest BCUT2D eigenvalue weighted by Gasteiger charge is -2.51. The van der Waals surface area contributed by atoms with Crippen LogP contribution in [0.1, 0.15) is 47.7 Å². The number of aliphatic imine (C=N–C) groups is 1. The van der Waals surface area contributed by atoms with Crippen molar-refractivity contribution in [3.8, 4) is 0 Å². The van der Waals surface area contributed by atoms with Gasteiger partial charge in [0, 0.05) is 54.2 Å². The monoisotopic (exact) mass is 489 g/mol. The molecule has 2 aromatic carbocycles. The number of aliphatic carboxylic acids is 1. The van der Waals surface area contributed by atoms with Crippen LogP contribution in [-0.4, -0.2) is 57.5 Å². The van der Waals surface area contributed by atoms with Crippen molar-refractivity contribution in [3.63, 3.8) is 0 Å². The van der Waals surface area contributed by atoms with E-state index in [2.05, 4.69) is 11.1 Å². The molecule has 3 aromatic rings. The van der Waals surface area contributed by atoms with E-state index in [-0.39, 0.29) is 18.2 Å². The molecule has 8 heteroatoms. The summed E-state index contributed by atoms with van der Waals surface area (Å²) in [5.41, 5.74) is 2.71. The Balaban J connectivity index is 1.38. The van der Waals surface area contributed by atoms with Gasteiger partial charge in [0.2, 0.25) is 5.91 Å². The molecule has 2 aliphatic rings. The molecule has 1 aromatic heterocycles. The van der Waals surface area contributed by atoms with Crippen molar-refractivity contribution in [2.24, 2.45) is 4.99 Å². The Labute approximate surface area is 207 Å². The molecule has 2 aliphatic heterocycles. The van der Waals surface area contributed by atoms with Gasteiger partial charge in [-0.15, -0.1) is 11.3 Å². The number of carboxylic acids is 1. The van der Waals surface area contributed by atoms with Crippen LogP contribution in [0.25, 0.3) is 10.1 Å². The lowest BCUT2D eigenvalue weighted by molar-refractivity contribution is -0.150. The Hall–Kier alpha value is -3.52. The molecule has 0 aliphatic carbocycles. The highest BCUT2D eigenvalue weighted by molar-refractivity contribution is 7.17. The number of benzene rings is 2. The minimum Gasteiger partial charge on any atom is -0.481 e. The zero-order valence-corrected chi connectivity index (χ0v) is 20.4. The van der Waals surface area contributed by atoms with Gasteiger partial charge in [0.05, 0.1) is 11.3 Å². The molecule has 7 nitrogen and oxygen atoms in total. The fraction of sp³-hybridized carbons (Fsp3) is 0.333. The number of hydrogen-bond donors (Lipinski definition) is 1. The highest BCUT2D eigenvalue weighted by Gasteiger charge is 2.51. The first-order valence-electron chi connectivity index (χ1n) is 11.8. The van der Waals surface area contributed by atoms with Gasteiger partial charge >= 0.3 is 5.97 Å². The minimum absolute atomic E-state index is 0.0118. The summed E-state index contributed by atoms with van der Waals surface area (Å²) in [6.45, 7) is 3.03. The summed E-state index contributed by atoms with van der Waals surface area (Å²) < 4.78 is 1.04. The summed E-state index contributed by atoms with van der Waals surface area (Å²) in [5, 5.41) is 11.9. The number of amides is 2. The van der Waals surface area contributed by atoms with Crippen LogP contribution in [0.2, 0.25) is 0 Å². The first-order valence-corrected chi connectivity index (χ1v) is 12.7. The maximum absolute atomic E-state index is 13.9. The van der Waals surface area contributed by atoms with Crippen LogP contribution in [0.5, 0.6) is 0 Å². The van der Waals surface area contributed by atoms with Crippen molar-refractivity contribution in [1.29, 1.82) is 0 Å². The number of fused-ring (bicyclic) bond motifs is 2. The zero-order valence-electron chi connectivity index (χ0n) is 19.6. The van der Waals surface area contributed by atoms with Gasteiger partial charge in [-0.3, -0.25) is 19.4 Å². The summed E-state index contributed by atoms with van der Waals surface area (Å²) in [6, 6.07) is 13.8. The normalized spacial score (nSPS) is 18.4. The standard InChI is InChI=1S/C27H27N3O4S/c1-27(11-14-30(27)25(33)21-17-35-23-6-3-2-5-20(21)23)26(34)29(13-4-7-24(31)32)16-18-8-9-22-19(15-18)10-12-28-22/h2-3,5-6,8-9,12,15,17H,4,7,10-11,13-14,16H2,1H3,(H,31,32). The van der Waals surface area contributed by atoms with Gasteiger partial charge in [0.15, 0.2) is 0 Å². The summed E-state index contributed by atoms with van der Waals surface area (Å²) >= 11 is 1.53. The first-order chi connectivity index (χ1) is 16.9. The fourth-order valence-corrected chi connectivity index (χ4v) is 5.83. The third-order valence-corrected chi connectivity index (χ3v) is 7.96. The maximum Gasteiger partial charge on any atom is 0.303 e. The van der Waals surface area contributed by atoms with Gasteiger partial charge in [-0.05, 0) is 43.0 Å². The summed E-state index contributed by atoms with van der Waals surface area (Å²) in [5.74, 6) is -1.16. The predicted octanol–water partition coefficient (Wildman–Crippen LogP) is 4.66. The van der Waals surface area contributed by atoms with Crippen molar-refractivity contribution in [3.05, 3.63) is 64.5 Å². The van der Waals surface area contributed by atoms with Crippen LogP contribution in [0.4, 0.5) is 5.69 Å². The third-order valence-electron chi connectivity index (χ3n) is 7.00. The van der Waals surface area contributed by atoms with E-state index in [0.29, 0.717) is 38.0 Å². The van der Waals surface area contributed by atoms with Gasteiger partial charge in [0.25, 0.3) is 5.91 Å². The number of carboxylic acid groups (broad SMARTS) is 1. The van der Waals surface area contributed by atoms with E-state index in [1.807, 2.05) is 54.9 Å². The average molecular weight is 490 g/mol. The van der Waals surface area contributed by atoms with Gasteiger partial charge in [-0.25, -0.2) is 0 Å². The zero-order chi connectivity index (χ0) is 24.6. The number of rotatable bonds is 8. The second-order valence-corrected chi connectivity index (χ2v) is 10.2. The quantitative estimate of drug-likeness (QED) is 0.498. The van der Waals surface area contributed by atoms with E-state index in [1.54, 1.807) is 9.80 Å². The van der Waals surface area contributed by atoms with Crippen molar-refractivity contribution in [1.82, 2.24) is 9.80 Å². The van der Waals surface area contributed by atoms with Gasteiger partial charge < -0.3 is 14.9 Å². The van der Waals surface area contributed by atoms with Crippen molar-refractivity contribution < 1.29 is 19.5 Å². The molecule has 35 heavy (non-hydrogen) atoms. The minimum atomic E-state index is -0.955. The molecular weight excluding hydrogens is 462 g/mol. The Kier molecular flexibility index (Phi) is 6.15. The van der Waals surface area contributed by atoms with E-state index >= 15 is 0 Å². The molecule has 1 unspecified atom stereocenters. The van der Waals surface area contributed by atoms with E-state index in [0.717, 1.165) is 33.3 Å². The lowest BCUT2D eigenvalue weighted by Crippen LogP contribution is -2.67. The van der Waals surface area contributed by atoms with E-state index in [9.17, 15) is 14.4 Å². The number of carbonyl (C=O) groups excluding carboxylic acids is 2. The van der Waals surface area contributed by atoms with Crippen LogP contribution in [0.15, 0.2) is 52.8 Å². The van der Waals surface area contributed by atoms with Crippen molar-refractivity contribution in [2.75, 3.05) is 13.1 Å². The van der Waals surface area contributed by atoms with Gasteiger partial charge in [0.1, 0.15) is 5.54 Å². The average Bonchev–Trinajstić information content (AvgIpc) is 3.48. The SMILES string of the molecule is CC1(C(=O)N(CCCC(=O)O)Cc2ccc3c(c2)CC=N3)CCN1C(=O)c1csc2ccccc12. The summed E-state index contributed by atoms with van der Waals surface area (Å²) in [6.07, 6.45) is 3.56. The molecule has 5 rings (SSSR count). The molecule has 0 spiro atoms. The van der Waals surface area contributed by atoms with Crippen molar-refractivity contribution in [2.45, 2.75) is 44.7 Å². The molecule has 180 valence electrons.